The minimum Gasteiger partial charge on any atom is -0.459 e. The number of alkyl carbamates (subject to hydrolysis) is 1. The van der Waals surface area contributed by atoms with Crippen LogP contribution in [0.2, 0.25) is 0 Å². The van der Waals surface area contributed by atoms with Crippen LogP contribution in [0.4, 0.5) is 13.6 Å². The number of nitrogens with one attached hydrogen (secondary N) is 2. The monoisotopic (exact) mass is 839 g/mol. The van der Waals surface area contributed by atoms with E-state index in [1.54, 1.807) is 36.5 Å². The number of carbonyl (C=O) groups is 4. The largest absolute Gasteiger partial charge is 0.459 e. The molecule has 5 N–H and O–H groups in total. The third-order valence-corrected chi connectivity index (χ3v) is 10.2. The molecular weight excluding hydrogens is 785 g/mol. The summed E-state index contributed by atoms with van der Waals surface area (Å²) in [5.74, 6) is -3.21. The Hall–Kier alpha value is -6.12. The second-order valence-electron chi connectivity index (χ2n) is 16.3. The number of rotatable bonds is 18. The molecule has 0 saturated heterocycles. The lowest BCUT2D eigenvalue weighted by molar-refractivity contribution is -0.146. The summed E-state index contributed by atoms with van der Waals surface area (Å²) in [5, 5.41) is 15.4. The predicted molar refractivity (Wildman–Crippen MR) is 227 cm³/mol. The maximum Gasteiger partial charge on any atom is 0.407 e. The van der Waals surface area contributed by atoms with Crippen molar-refractivity contribution in [2.75, 3.05) is 26.3 Å². The van der Waals surface area contributed by atoms with E-state index in [4.69, 9.17) is 15.2 Å². The Kier molecular flexibility index (Phi) is 16.1. The first-order chi connectivity index (χ1) is 29.1. The number of aromatic nitrogens is 1. The van der Waals surface area contributed by atoms with Crippen molar-refractivity contribution in [1.29, 1.82) is 0 Å². The summed E-state index contributed by atoms with van der Waals surface area (Å²) < 4.78 is 42.3. The summed E-state index contributed by atoms with van der Waals surface area (Å²) in [6.45, 7) is 6.64. The molecule has 0 fully saturated rings. The molecule has 5 rings (SSSR count). The molecule has 1 heterocycles. The second kappa shape index (κ2) is 21.4. The molecule has 1 unspecified atom stereocenters. The summed E-state index contributed by atoms with van der Waals surface area (Å²) in [5.41, 5.74) is 9.17. The van der Waals surface area contributed by atoms with Crippen LogP contribution in [-0.4, -0.2) is 76.8 Å². The van der Waals surface area contributed by atoms with E-state index in [1.165, 1.54) is 4.90 Å². The number of amides is 3. The molecule has 14 heteroatoms. The van der Waals surface area contributed by atoms with Crippen LogP contribution in [0.5, 0.6) is 0 Å². The molecule has 0 spiro atoms. The van der Waals surface area contributed by atoms with Crippen LogP contribution >= 0.6 is 0 Å². The number of aliphatic hydroxyl groups excluding tert-OH is 1. The molecule has 1 aliphatic carbocycles. The average Bonchev–Trinajstić information content (AvgIpc) is 3.64. The fraction of sp³-hybridized carbons (Fsp3) is 0.362. The molecular formula is C47H55F2N5O7. The first-order valence-corrected chi connectivity index (χ1v) is 20.3. The highest BCUT2D eigenvalue weighted by atomic mass is 19.1. The molecule has 4 atom stereocenters. The van der Waals surface area contributed by atoms with E-state index >= 15 is 4.39 Å². The van der Waals surface area contributed by atoms with E-state index < -0.39 is 65.7 Å². The van der Waals surface area contributed by atoms with Gasteiger partial charge in [0.15, 0.2) is 0 Å². The normalized spacial score (nSPS) is 15.2. The number of aliphatic hydroxyl groups is 1. The van der Waals surface area contributed by atoms with E-state index in [0.29, 0.717) is 17.8 Å². The Morgan fingerprint density at radius 2 is 1.64 bits per heavy atom. The van der Waals surface area contributed by atoms with Crippen molar-refractivity contribution in [3.05, 3.63) is 143 Å². The number of nitrogens with zero attached hydrogens (tertiary/aromatic N) is 2. The smallest absolute Gasteiger partial charge is 0.407 e. The van der Waals surface area contributed by atoms with Crippen molar-refractivity contribution in [3.63, 3.8) is 0 Å². The molecule has 3 aromatic carbocycles. The van der Waals surface area contributed by atoms with Crippen LogP contribution in [0, 0.1) is 23.0 Å². The maximum absolute atomic E-state index is 15.2. The van der Waals surface area contributed by atoms with E-state index in [2.05, 4.69) is 10.6 Å². The van der Waals surface area contributed by atoms with E-state index in [1.807, 2.05) is 86.9 Å². The molecule has 1 aromatic heterocycles. The van der Waals surface area contributed by atoms with Gasteiger partial charge < -0.3 is 40.4 Å². The molecule has 12 nitrogen and oxygen atoms in total. The number of carbonyl (C=O) groups excluding carboxylic acids is 4. The van der Waals surface area contributed by atoms with Crippen LogP contribution in [-0.2, 0) is 37.0 Å². The van der Waals surface area contributed by atoms with Crippen LogP contribution in [0.15, 0.2) is 115 Å². The number of ether oxygens (including phenoxy) is 2. The highest BCUT2D eigenvalue weighted by Crippen LogP contribution is 2.41. The van der Waals surface area contributed by atoms with Crippen molar-refractivity contribution < 1.29 is 42.5 Å². The first-order valence-electron chi connectivity index (χ1n) is 20.3. The lowest BCUT2D eigenvalue weighted by Gasteiger charge is -2.41. The Morgan fingerprint density at radius 3 is 2.30 bits per heavy atom. The Balaban J connectivity index is 1.36. The third-order valence-electron chi connectivity index (χ3n) is 10.2. The van der Waals surface area contributed by atoms with Gasteiger partial charge in [0.1, 0.15) is 37.5 Å². The first kappa shape index (κ1) is 46.0. The van der Waals surface area contributed by atoms with Crippen molar-refractivity contribution in [2.24, 2.45) is 17.1 Å². The fourth-order valence-electron chi connectivity index (χ4n) is 7.22. The van der Waals surface area contributed by atoms with Gasteiger partial charge in [-0.25, -0.2) is 18.4 Å². The van der Waals surface area contributed by atoms with Crippen LogP contribution in [0.25, 0.3) is 11.1 Å². The van der Waals surface area contributed by atoms with Crippen LogP contribution < -0.4 is 16.4 Å². The van der Waals surface area contributed by atoms with Gasteiger partial charge in [-0.05, 0) is 65.1 Å². The fourth-order valence-corrected chi connectivity index (χ4v) is 7.22. The SMILES string of the molecule is CC1C=C(COC(=O)[C@@H](CNC(=O)OCc2ccccc2)NC(=O)[C@@H](N)CCN(C(=O)CO)[C@@H](c2cc(-c3cc(F)ccc3F)cn2Cc2ccccc2)C(C)(C)C)C=CC1. The van der Waals surface area contributed by atoms with Crippen LogP contribution in [0.1, 0.15) is 63.4 Å². The zero-order valence-corrected chi connectivity index (χ0v) is 35.0. The molecule has 324 valence electrons. The highest BCUT2D eigenvalue weighted by Gasteiger charge is 2.38. The van der Waals surface area contributed by atoms with Crippen LogP contribution in [0.3, 0.4) is 0 Å². The summed E-state index contributed by atoms with van der Waals surface area (Å²) in [6, 6.07) is 20.0. The minimum absolute atomic E-state index is 0.0176. The average molecular weight is 840 g/mol. The number of nitrogens with two attached hydrogens (primary N) is 1. The summed E-state index contributed by atoms with van der Waals surface area (Å²) in [4.78, 5) is 54.9. The predicted octanol–water partition coefficient (Wildman–Crippen LogP) is 6.58. The van der Waals surface area contributed by atoms with Gasteiger partial charge in [0, 0.05) is 36.1 Å². The van der Waals surface area contributed by atoms with Gasteiger partial charge in [-0.3, -0.25) is 9.59 Å². The number of hydrogen-bond donors (Lipinski definition) is 4. The summed E-state index contributed by atoms with van der Waals surface area (Å²) >= 11 is 0. The molecule has 0 bridgehead atoms. The quantitative estimate of drug-likeness (QED) is 0.0816. The van der Waals surface area contributed by atoms with Gasteiger partial charge in [-0.2, -0.15) is 0 Å². The molecule has 0 radical (unpaired) electrons. The summed E-state index contributed by atoms with van der Waals surface area (Å²) in [6.07, 6.45) is 7.45. The van der Waals surface area contributed by atoms with Gasteiger partial charge in [-0.15, -0.1) is 0 Å². The second-order valence-corrected chi connectivity index (χ2v) is 16.3. The van der Waals surface area contributed by atoms with Gasteiger partial charge in [0.25, 0.3) is 0 Å². The van der Waals surface area contributed by atoms with Gasteiger partial charge in [0.2, 0.25) is 11.8 Å². The lowest BCUT2D eigenvalue weighted by Crippen LogP contribution is -2.54. The lowest BCUT2D eigenvalue weighted by atomic mass is 9.82. The van der Waals surface area contributed by atoms with E-state index in [0.717, 1.165) is 41.3 Å². The zero-order valence-electron chi connectivity index (χ0n) is 35.0. The molecule has 1 aliphatic rings. The number of allylic oxidation sites excluding steroid dienone is 2. The molecule has 3 amide bonds. The Bertz CT molecular complexity index is 2190. The maximum atomic E-state index is 15.2. The minimum atomic E-state index is -1.35. The molecule has 0 saturated carbocycles. The van der Waals surface area contributed by atoms with E-state index in [-0.39, 0.29) is 44.2 Å². The van der Waals surface area contributed by atoms with E-state index in [9.17, 15) is 28.7 Å². The Morgan fingerprint density at radius 1 is 0.951 bits per heavy atom. The van der Waals surface area contributed by atoms with Gasteiger partial charge in [0.05, 0.1) is 18.6 Å². The number of esters is 1. The van der Waals surface area contributed by atoms with Crippen molar-refractivity contribution in [3.8, 4) is 11.1 Å². The number of halogens is 2. The van der Waals surface area contributed by atoms with Gasteiger partial charge >= 0.3 is 12.1 Å². The summed E-state index contributed by atoms with van der Waals surface area (Å²) in [7, 11) is 0. The molecule has 0 aliphatic heterocycles. The van der Waals surface area contributed by atoms with Gasteiger partial charge in [-0.1, -0.05) is 107 Å². The number of hydrogen-bond acceptors (Lipinski definition) is 8. The standard InChI is InChI=1S/C47H55F2N5O7/c1-31-12-11-17-34(22-31)30-60-45(58)40(25-51-46(59)61-29-33-15-9-6-10-16-33)52-44(57)39(50)20-21-54(42(56)28-55)43(47(2,3)4)41-23-35(37-24-36(48)18-19-38(37)49)27-53(41)26-32-13-7-5-8-14-32/h5-11,13-19,22-24,27,31,39-40,43,55H,12,20-21,25-26,28-30,50H2,1-4H3,(H,51,59)(H,52,57)/t31?,39-,40+,43-/m0/s1. The highest BCUT2D eigenvalue weighted by molar-refractivity contribution is 5.88. The molecule has 61 heavy (non-hydrogen) atoms. The van der Waals surface area contributed by atoms with Crippen molar-refractivity contribution in [1.82, 2.24) is 20.1 Å². The van der Waals surface area contributed by atoms with Crippen molar-refractivity contribution in [2.45, 2.75) is 71.8 Å². The van der Waals surface area contributed by atoms with Crippen molar-refractivity contribution >= 4 is 23.9 Å². The molecule has 4 aromatic rings. The Labute approximate surface area is 355 Å². The number of benzene rings is 3. The zero-order chi connectivity index (χ0) is 44.1. The third kappa shape index (κ3) is 13.2. The topological polar surface area (TPSA) is 165 Å².